The molecule has 3 aliphatic rings. The summed E-state index contributed by atoms with van der Waals surface area (Å²) in [5, 5.41) is 8.33. The Balaban J connectivity index is 1.38. The zero-order valence-corrected chi connectivity index (χ0v) is 20.1. The maximum Gasteiger partial charge on any atom is 0.123 e. The number of methoxy groups -OCH3 is 1. The summed E-state index contributed by atoms with van der Waals surface area (Å²) >= 11 is 0. The van der Waals surface area contributed by atoms with Crippen LogP contribution < -0.4 is 15.4 Å². The zero-order chi connectivity index (χ0) is 22.9. The van der Waals surface area contributed by atoms with E-state index in [0.717, 1.165) is 30.0 Å². The van der Waals surface area contributed by atoms with Crippen LogP contribution in [0.4, 0.5) is 0 Å². The molecule has 0 radical (unpaired) electrons. The van der Waals surface area contributed by atoms with Crippen molar-refractivity contribution in [2.45, 2.75) is 56.3 Å². The first-order valence-electron chi connectivity index (χ1n) is 13.0. The minimum Gasteiger partial charge on any atom is -0.496 e. The molecule has 34 heavy (non-hydrogen) atoms. The normalized spacial score (nSPS) is 29.8. The van der Waals surface area contributed by atoms with Gasteiger partial charge in [0.15, 0.2) is 0 Å². The van der Waals surface area contributed by atoms with Crippen molar-refractivity contribution >= 4 is 0 Å². The summed E-state index contributed by atoms with van der Waals surface area (Å²) in [5.74, 6) is 3.68. The third-order valence-corrected chi connectivity index (χ3v) is 8.83. The molecule has 4 unspecified atom stereocenters. The molecule has 3 aromatic rings. The van der Waals surface area contributed by atoms with Gasteiger partial charge in [-0.05, 0) is 47.8 Å². The molecule has 1 aliphatic heterocycles. The first kappa shape index (κ1) is 21.9. The summed E-state index contributed by atoms with van der Waals surface area (Å²) in [4.78, 5) is 0. The highest BCUT2D eigenvalue weighted by molar-refractivity contribution is 5.37. The van der Waals surface area contributed by atoms with Crippen LogP contribution in [0.25, 0.3) is 0 Å². The molecule has 0 spiro atoms. The van der Waals surface area contributed by atoms with Gasteiger partial charge in [-0.25, -0.2) is 0 Å². The summed E-state index contributed by atoms with van der Waals surface area (Å²) in [5.41, 5.74) is 4.05. The van der Waals surface area contributed by atoms with Gasteiger partial charge in [0.2, 0.25) is 0 Å². The van der Waals surface area contributed by atoms with Crippen molar-refractivity contribution in [3.05, 3.63) is 102 Å². The van der Waals surface area contributed by atoms with Crippen molar-refractivity contribution in [1.29, 1.82) is 0 Å². The van der Waals surface area contributed by atoms with Crippen molar-refractivity contribution in [2.75, 3.05) is 7.11 Å². The van der Waals surface area contributed by atoms with Crippen molar-refractivity contribution in [3.8, 4) is 5.75 Å². The fourth-order valence-electron chi connectivity index (χ4n) is 7.51. The van der Waals surface area contributed by atoms with Gasteiger partial charge in [-0.1, -0.05) is 91.7 Å². The Morgan fingerprint density at radius 3 is 2.26 bits per heavy atom. The highest BCUT2D eigenvalue weighted by Crippen LogP contribution is 2.53. The summed E-state index contributed by atoms with van der Waals surface area (Å²) in [6.45, 7) is 0.837. The minimum atomic E-state index is 0.321. The van der Waals surface area contributed by atoms with Crippen LogP contribution >= 0.6 is 0 Å². The lowest BCUT2D eigenvalue weighted by Gasteiger charge is -2.49. The molecule has 4 bridgehead atoms. The van der Waals surface area contributed by atoms with Crippen molar-refractivity contribution in [2.24, 2.45) is 17.8 Å². The van der Waals surface area contributed by atoms with Gasteiger partial charge in [0.05, 0.1) is 7.11 Å². The minimum absolute atomic E-state index is 0.321. The van der Waals surface area contributed by atoms with E-state index in [2.05, 4.69) is 95.6 Å². The number of benzene rings is 3. The Labute approximate surface area is 203 Å². The lowest BCUT2D eigenvalue weighted by atomic mass is 9.66. The lowest BCUT2D eigenvalue weighted by molar-refractivity contribution is 0.0919. The van der Waals surface area contributed by atoms with Crippen molar-refractivity contribution in [1.82, 2.24) is 10.6 Å². The van der Waals surface area contributed by atoms with E-state index in [4.69, 9.17) is 4.74 Å². The van der Waals surface area contributed by atoms with Crippen LogP contribution in [0.1, 0.15) is 48.3 Å². The molecule has 3 fully saturated rings. The Bertz CT molecular complexity index is 1050. The van der Waals surface area contributed by atoms with Crippen LogP contribution in [0.5, 0.6) is 5.75 Å². The summed E-state index contributed by atoms with van der Waals surface area (Å²) < 4.78 is 5.68. The van der Waals surface area contributed by atoms with E-state index in [1.807, 2.05) is 0 Å². The van der Waals surface area contributed by atoms with Crippen LogP contribution in [0.3, 0.4) is 0 Å². The molecule has 1 heterocycles. The third kappa shape index (κ3) is 3.95. The summed E-state index contributed by atoms with van der Waals surface area (Å²) in [7, 11) is 1.77. The number of ether oxygens (including phenoxy) is 1. The number of piperidine rings is 1. The number of nitrogens with one attached hydrogen (secondary N) is 2. The van der Waals surface area contributed by atoms with Crippen LogP contribution in [0, 0.1) is 17.8 Å². The second-order valence-corrected chi connectivity index (χ2v) is 10.5. The number of hydrogen-bond acceptors (Lipinski definition) is 3. The highest BCUT2D eigenvalue weighted by atomic mass is 16.5. The largest absolute Gasteiger partial charge is 0.496 e. The van der Waals surface area contributed by atoms with Gasteiger partial charge in [0.25, 0.3) is 0 Å². The van der Waals surface area contributed by atoms with E-state index in [9.17, 15) is 0 Å². The van der Waals surface area contributed by atoms with Crippen LogP contribution in [0.15, 0.2) is 84.9 Å². The molecule has 6 rings (SSSR count). The quantitative estimate of drug-likeness (QED) is 0.478. The zero-order valence-electron chi connectivity index (χ0n) is 20.1. The fourth-order valence-corrected chi connectivity index (χ4v) is 7.51. The number of rotatable bonds is 7. The van der Waals surface area contributed by atoms with Gasteiger partial charge in [-0.2, -0.15) is 0 Å². The Morgan fingerprint density at radius 1 is 0.882 bits per heavy atom. The monoisotopic (exact) mass is 452 g/mol. The average molecular weight is 453 g/mol. The van der Waals surface area contributed by atoms with Gasteiger partial charge in [-0.15, -0.1) is 0 Å². The fraction of sp³-hybridized carbons (Fsp3) is 0.419. The second-order valence-electron chi connectivity index (χ2n) is 10.5. The Morgan fingerprint density at radius 2 is 1.56 bits per heavy atom. The van der Waals surface area contributed by atoms with Gasteiger partial charge in [0, 0.05) is 36.2 Å². The van der Waals surface area contributed by atoms with Crippen molar-refractivity contribution in [3.63, 3.8) is 0 Å². The van der Waals surface area contributed by atoms with Crippen LogP contribution in [-0.4, -0.2) is 25.2 Å². The van der Waals surface area contributed by atoms with Gasteiger partial charge >= 0.3 is 0 Å². The van der Waals surface area contributed by atoms with Gasteiger partial charge in [-0.3, -0.25) is 0 Å². The second kappa shape index (κ2) is 9.56. The Hall–Kier alpha value is -2.62. The molecule has 3 aromatic carbocycles. The van der Waals surface area contributed by atoms with Gasteiger partial charge < -0.3 is 15.4 Å². The predicted octanol–water partition coefficient (Wildman–Crippen LogP) is 5.76. The average Bonchev–Trinajstić information content (AvgIpc) is 3.02. The third-order valence-electron chi connectivity index (χ3n) is 8.83. The molecule has 0 amide bonds. The lowest BCUT2D eigenvalue weighted by Crippen LogP contribution is -2.63. The standard InChI is InChI=1S/C31H36N2O/c1-34-27-18-9-8-15-24(27)20-32-30-29-23-16-10-17-25(29)26(19-23)33-31(30)28(21-11-4-2-5-12-21)22-13-6-3-7-14-22/h2-9,11-15,18,23,25-26,28-33H,10,16-17,19-20H2,1H3/t23-,25?,26-,29?,30?,31?/m1/s1. The summed E-state index contributed by atoms with van der Waals surface area (Å²) in [6, 6.07) is 32.1. The van der Waals surface area contributed by atoms with Gasteiger partial charge in [0.1, 0.15) is 5.75 Å². The molecule has 1 saturated heterocycles. The smallest absolute Gasteiger partial charge is 0.123 e. The van der Waals surface area contributed by atoms with E-state index in [-0.39, 0.29) is 0 Å². The first-order valence-corrected chi connectivity index (χ1v) is 13.0. The topological polar surface area (TPSA) is 33.3 Å². The molecule has 2 aliphatic carbocycles. The van der Waals surface area contributed by atoms with E-state index in [0.29, 0.717) is 24.0 Å². The molecule has 176 valence electrons. The molecular weight excluding hydrogens is 416 g/mol. The maximum absolute atomic E-state index is 5.68. The molecule has 2 N–H and O–H groups in total. The van der Waals surface area contributed by atoms with E-state index < -0.39 is 0 Å². The number of para-hydroxylation sites is 1. The van der Waals surface area contributed by atoms with Crippen LogP contribution in [-0.2, 0) is 6.54 Å². The van der Waals surface area contributed by atoms with E-state index in [1.165, 1.54) is 42.4 Å². The highest BCUT2D eigenvalue weighted by Gasteiger charge is 2.55. The summed E-state index contributed by atoms with van der Waals surface area (Å²) in [6.07, 6.45) is 5.50. The van der Waals surface area contributed by atoms with Crippen LogP contribution in [0.2, 0.25) is 0 Å². The maximum atomic E-state index is 5.68. The Kier molecular flexibility index (Phi) is 6.15. The molecule has 6 atom stereocenters. The molecule has 0 aromatic heterocycles. The molecule has 3 heteroatoms. The predicted molar refractivity (Wildman–Crippen MR) is 138 cm³/mol. The SMILES string of the molecule is COc1ccccc1CNC1C(C(c2ccccc2)c2ccccc2)N[C@@H]2C[C@H]3CCCC2C13. The molecule has 2 saturated carbocycles. The molecule has 3 nitrogen and oxygen atoms in total. The van der Waals surface area contributed by atoms with E-state index >= 15 is 0 Å². The number of hydrogen-bond donors (Lipinski definition) is 2. The molecular formula is C31H36N2O. The van der Waals surface area contributed by atoms with E-state index in [1.54, 1.807) is 7.11 Å². The first-order chi connectivity index (χ1) is 16.8. The van der Waals surface area contributed by atoms with Crippen molar-refractivity contribution < 1.29 is 4.74 Å².